The normalized spacial score (nSPS) is 15.9. The van der Waals surface area contributed by atoms with E-state index >= 15 is 0 Å². The largest absolute Gasteiger partial charge is 0.337 e. The molecule has 0 saturated heterocycles. The molecule has 2 rings (SSSR count). The van der Waals surface area contributed by atoms with Gasteiger partial charge in [0.15, 0.2) is 0 Å². The molecular weight excluding hydrogens is 308 g/mol. The van der Waals surface area contributed by atoms with Gasteiger partial charge in [-0.05, 0) is 39.0 Å². The second-order valence-electron chi connectivity index (χ2n) is 4.92. The van der Waals surface area contributed by atoms with Crippen LogP contribution in [-0.4, -0.2) is 29.3 Å². The lowest BCUT2D eigenvalue weighted by Crippen LogP contribution is -2.36. The minimum Gasteiger partial charge on any atom is -0.337 e. The van der Waals surface area contributed by atoms with Crippen LogP contribution in [-0.2, 0) is 9.59 Å². The molecule has 21 heavy (non-hydrogen) atoms. The quantitative estimate of drug-likeness (QED) is 0.865. The molecular formula is C15H17ClN2O2S. The highest BCUT2D eigenvalue weighted by molar-refractivity contribution is 8.04. The van der Waals surface area contributed by atoms with Gasteiger partial charge < -0.3 is 10.2 Å². The number of carbonyl (C=O) groups excluding carboxylic acids is 2. The van der Waals surface area contributed by atoms with E-state index in [0.29, 0.717) is 22.2 Å². The maximum atomic E-state index is 12.2. The molecule has 1 aliphatic heterocycles. The van der Waals surface area contributed by atoms with Gasteiger partial charge in [0.1, 0.15) is 0 Å². The lowest BCUT2D eigenvalue weighted by atomic mass is 10.3. The van der Waals surface area contributed by atoms with Gasteiger partial charge in [-0.3, -0.25) is 9.59 Å². The van der Waals surface area contributed by atoms with Crippen molar-refractivity contribution in [3.8, 4) is 0 Å². The van der Waals surface area contributed by atoms with Crippen LogP contribution in [0.25, 0.3) is 0 Å². The van der Waals surface area contributed by atoms with Crippen molar-refractivity contribution in [3.63, 3.8) is 0 Å². The Kier molecular flexibility index (Phi) is 4.96. The lowest BCUT2D eigenvalue weighted by Gasteiger charge is -2.24. The monoisotopic (exact) mass is 324 g/mol. The molecule has 0 saturated carbocycles. The maximum absolute atomic E-state index is 12.2. The molecule has 1 heterocycles. The van der Waals surface area contributed by atoms with E-state index in [0.717, 1.165) is 4.90 Å². The van der Waals surface area contributed by atoms with Crippen LogP contribution in [0.1, 0.15) is 20.8 Å². The molecule has 0 aromatic heterocycles. The van der Waals surface area contributed by atoms with E-state index in [1.165, 1.54) is 17.8 Å². The molecule has 0 fully saturated rings. The van der Waals surface area contributed by atoms with E-state index in [1.54, 1.807) is 17.0 Å². The number of amides is 2. The summed E-state index contributed by atoms with van der Waals surface area (Å²) in [5, 5.41) is 3.32. The van der Waals surface area contributed by atoms with E-state index < -0.39 is 0 Å². The molecule has 6 heteroatoms. The Morgan fingerprint density at radius 3 is 2.81 bits per heavy atom. The third-order valence-electron chi connectivity index (χ3n) is 3.14. The van der Waals surface area contributed by atoms with Gasteiger partial charge in [0.05, 0.1) is 10.6 Å². The van der Waals surface area contributed by atoms with Gasteiger partial charge in [-0.15, -0.1) is 0 Å². The van der Waals surface area contributed by atoms with Gasteiger partial charge in [0.25, 0.3) is 5.91 Å². The Labute approximate surface area is 133 Å². The van der Waals surface area contributed by atoms with Crippen LogP contribution in [0.3, 0.4) is 0 Å². The second kappa shape index (κ2) is 6.54. The van der Waals surface area contributed by atoms with E-state index in [4.69, 9.17) is 11.6 Å². The SMILES string of the molecule is CCN(C(=O)/C=C1\Sc2ccc(Cl)cc2NC1=O)C(C)C. The van der Waals surface area contributed by atoms with Gasteiger partial charge in [-0.1, -0.05) is 23.4 Å². The number of nitrogens with zero attached hydrogens (tertiary/aromatic N) is 1. The third kappa shape index (κ3) is 3.60. The van der Waals surface area contributed by atoms with Crippen LogP contribution in [0.15, 0.2) is 34.1 Å². The van der Waals surface area contributed by atoms with Crippen LogP contribution in [0.2, 0.25) is 5.02 Å². The van der Waals surface area contributed by atoms with Crippen molar-refractivity contribution in [2.45, 2.75) is 31.7 Å². The average molecular weight is 325 g/mol. The molecule has 0 unspecified atom stereocenters. The lowest BCUT2D eigenvalue weighted by molar-refractivity contribution is -0.127. The maximum Gasteiger partial charge on any atom is 0.262 e. The highest BCUT2D eigenvalue weighted by Crippen LogP contribution is 2.39. The van der Waals surface area contributed by atoms with Crippen molar-refractivity contribution >= 4 is 40.9 Å². The van der Waals surface area contributed by atoms with Crippen LogP contribution < -0.4 is 5.32 Å². The molecule has 1 aromatic carbocycles. The van der Waals surface area contributed by atoms with Gasteiger partial charge in [-0.2, -0.15) is 0 Å². The number of benzene rings is 1. The highest BCUT2D eigenvalue weighted by atomic mass is 35.5. The van der Waals surface area contributed by atoms with Crippen molar-refractivity contribution < 1.29 is 9.59 Å². The average Bonchev–Trinajstić information content (AvgIpc) is 2.40. The molecule has 112 valence electrons. The number of hydrogen-bond donors (Lipinski definition) is 1. The minimum absolute atomic E-state index is 0.0992. The summed E-state index contributed by atoms with van der Waals surface area (Å²) in [5.74, 6) is -0.425. The molecule has 1 aromatic rings. The summed E-state index contributed by atoms with van der Waals surface area (Å²) in [7, 11) is 0. The zero-order chi connectivity index (χ0) is 15.6. The first-order chi connectivity index (χ1) is 9.92. The summed E-state index contributed by atoms with van der Waals surface area (Å²) < 4.78 is 0. The Hall–Kier alpha value is -1.46. The van der Waals surface area contributed by atoms with Crippen LogP contribution in [0, 0.1) is 0 Å². The fraction of sp³-hybridized carbons (Fsp3) is 0.333. The third-order valence-corrected chi connectivity index (χ3v) is 4.47. The molecule has 0 spiro atoms. The number of anilines is 1. The summed E-state index contributed by atoms with van der Waals surface area (Å²) in [6.07, 6.45) is 1.40. The molecule has 2 amide bonds. The first-order valence-electron chi connectivity index (χ1n) is 6.73. The summed E-state index contributed by atoms with van der Waals surface area (Å²) >= 11 is 7.19. The predicted octanol–water partition coefficient (Wildman–Crippen LogP) is 3.53. The number of hydrogen-bond acceptors (Lipinski definition) is 3. The summed E-state index contributed by atoms with van der Waals surface area (Å²) in [5.41, 5.74) is 0.679. The number of likely N-dealkylation sites (N-methyl/N-ethyl adjacent to an activating group) is 1. The zero-order valence-corrected chi connectivity index (χ0v) is 13.7. The second-order valence-corrected chi connectivity index (χ2v) is 6.44. The topological polar surface area (TPSA) is 49.4 Å². The number of fused-ring (bicyclic) bond motifs is 1. The van der Waals surface area contributed by atoms with Gasteiger partial charge in [0.2, 0.25) is 5.91 Å². The van der Waals surface area contributed by atoms with Crippen molar-refractivity contribution in [2.75, 3.05) is 11.9 Å². The molecule has 0 aliphatic carbocycles. The molecule has 1 N–H and O–H groups in total. The minimum atomic E-state index is -0.275. The van der Waals surface area contributed by atoms with Crippen LogP contribution >= 0.6 is 23.4 Å². The fourth-order valence-electron chi connectivity index (χ4n) is 2.10. The van der Waals surface area contributed by atoms with E-state index in [1.807, 2.05) is 26.8 Å². The molecule has 4 nitrogen and oxygen atoms in total. The molecule has 0 atom stereocenters. The molecule has 0 bridgehead atoms. The summed E-state index contributed by atoms with van der Waals surface area (Å²) in [6.45, 7) is 6.43. The fourth-order valence-corrected chi connectivity index (χ4v) is 3.17. The van der Waals surface area contributed by atoms with E-state index in [2.05, 4.69) is 5.32 Å². The number of rotatable bonds is 3. The smallest absolute Gasteiger partial charge is 0.262 e. The standard InChI is InChI=1S/C15H17ClN2O2S/c1-4-18(9(2)3)14(19)8-13-15(20)17-11-7-10(16)5-6-12(11)21-13/h5-9H,4H2,1-3H3,(H,17,20)/b13-8-. The van der Waals surface area contributed by atoms with Crippen molar-refractivity contribution in [1.82, 2.24) is 4.90 Å². The van der Waals surface area contributed by atoms with Gasteiger partial charge >= 0.3 is 0 Å². The van der Waals surface area contributed by atoms with Crippen molar-refractivity contribution in [2.24, 2.45) is 0 Å². The van der Waals surface area contributed by atoms with E-state index in [-0.39, 0.29) is 17.9 Å². The summed E-state index contributed by atoms with van der Waals surface area (Å²) in [4.78, 5) is 27.3. The Bertz CT molecular complexity index is 614. The zero-order valence-electron chi connectivity index (χ0n) is 12.1. The van der Waals surface area contributed by atoms with Crippen LogP contribution in [0.5, 0.6) is 0 Å². The Morgan fingerprint density at radius 1 is 1.48 bits per heavy atom. The highest BCUT2D eigenvalue weighted by Gasteiger charge is 2.23. The molecule has 0 radical (unpaired) electrons. The number of halogens is 1. The Balaban J connectivity index is 2.25. The van der Waals surface area contributed by atoms with Gasteiger partial charge in [-0.25, -0.2) is 0 Å². The van der Waals surface area contributed by atoms with Crippen molar-refractivity contribution in [3.05, 3.63) is 34.2 Å². The molecule has 1 aliphatic rings. The van der Waals surface area contributed by atoms with Gasteiger partial charge in [0, 0.05) is 28.6 Å². The predicted molar refractivity (Wildman–Crippen MR) is 86.5 cm³/mol. The first kappa shape index (κ1) is 15.9. The number of thioether (sulfide) groups is 1. The van der Waals surface area contributed by atoms with Crippen molar-refractivity contribution in [1.29, 1.82) is 0 Å². The first-order valence-corrected chi connectivity index (χ1v) is 7.93. The van der Waals surface area contributed by atoms with Crippen LogP contribution in [0.4, 0.5) is 5.69 Å². The summed E-state index contributed by atoms with van der Waals surface area (Å²) in [6, 6.07) is 5.39. The Morgan fingerprint density at radius 2 is 2.19 bits per heavy atom. The van der Waals surface area contributed by atoms with E-state index in [9.17, 15) is 9.59 Å². The number of carbonyl (C=O) groups is 2. The number of nitrogens with one attached hydrogen (secondary N) is 1.